The Balaban J connectivity index is 2.99. The summed E-state index contributed by atoms with van der Waals surface area (Å²) in [6.07, 6.45) is 0.748. The van der Waals surface area contributed by atoms with E-state index in [-0.39, 0.29) is 19.6 Å². The van der Waals surface area contributed by atoms with Crippen molar-refractivity contribution in [2.45, 2.75) is 33.4 Å². The van der Waals surface area contributed by atoms with Crippen LogP contribution >= 0.6 is 15.9 Å². The first kappa shape index (κ1) is 16.6. The van der Waals surface area contributed by atoms with Crippen molar-refractivity contribution in [2.24, 2.45) is 0 Å². The van der Waals surface area contributed by atoms with Crippen LogP contribution in [0.25, 0.3) is 0 Å². The molecular weight excluding hydrogens is 330 g/mol. The predicted octanol–water partition coefficient (Wildman–Crippen LogP) is 1.20. The lowest BCUT2D eigenvalue weighted by Crippen LogP contribution is -2.34. The summed E-state index contributed by atoms with van der Waals surface area (Å²) in [4.78, 5) is 23.0. The molecule has 0 saturated heterocycles. The first-order valence-electron chi connectivity index (χ1n) is 6.28. The predicted molar refractivity (Wildman–Crippen MR) is 75.5 cm³/mol. The van der Waals surface area contributed by atoms with Crippen molar-refractivity contribution >= 4 is 27.9 Å². The second-order valence-corrected chi connectivity index (χ2v) is 5.10. The van der Waals surface area contributed by atoms with E-state index in [4.69, 9.17) is 10.2 Å². The highest BCUT2D eigenvalue weighted by atomic mass is 79.9. The molecular formula is C12H18BrN3O4. The molecule has 0 aromatic carbocycles. The number of carboxylic acids is 2. The zero-order valence-electron chi connectivity index (χ0n) is 11.5. The van der Waals surface area contributed by atoms with Crippen molar-refractivity contribution in [3.8, 4) is 0 Å². The summed E-state index contributed by atoms with van der Waals surface area (Å²) in [5, 5.41) is 22.1. The van der Waals surface area contributed by atoms with Crippen LogP contribution in [0.5, 0.6) is 0 Å². The Hall–Kier alpha value is -1.41. The maximum atomic E-state index is 10.8. The average molecular weight is 348 g/mol. The summed E-state index contributed by atoms with van der Waals surface area (Å²) in [6, 6.07) is 0. The van der Waals surface area contributed by atoms with Gasteiger partial charge in [-0.3, -0.25) is 19.2 Å². The van der Waals surface area contributed by atoms with Gasteiger partial charge in [-0.05, 0) is 29.3 Å². The monoisotopic (exact) mass is 347 g/mol. The van der Waals surface area contributed by atoms with Crippen LogP contribution in [0.15, 0.2) is 4.47 Å². The average Bonchev–Trinajstić information content (AvgIpc) is 2.64. The van der Waals surface area contributed by atoms with E-state index in [0.29, 0.717) is 6.54 Å². The minimum atomic E-state index is -1.05. The van der Waals surface area contributed by atoms with E-state index in [1.807, 2.05) is 13.8 Å². The first-order valence-corrected chi connectivity index (χ1v) is 7.08. The second kappa shape index (κ2) is 7.39. The summed E-state index contributed by atoms with van der Waals surface area (Å²) >= 11 is 3.46. The van der Waals surface area contributed by atoms with Crippen LogP contribution in [-0.2, 0) is 29.1 Å². The third kappa shape index (κ3) is 4.31. The molecule has 0 radical (unpaired) electrons. The Kier molecular flexibility index (Phi) is 6.15. The molecule has 0 aliphatic carbocycles. The van der Waals surface area contributed by atoms with Crippen molar-refractivity contribution in [3.63, 3.8) is 0 Å². The highest BCUT2D eigenvalue weighted by Gasteiger charge is 2.20. The number of carboxylic acid groups (broad SMARTS) is 2. The van der Waals surface area contributed by atoms with Crippen molar-refractivity contribution in [2.75, 3.05) is 13.1 Å². The van der Waals surface area contributed by atoms with Gasteiger partial charge in [-0.2, -0.15) is 5.10 Å². The van der Waals surface area contributed by atoms with E-state index >= 15 is 0 Å². The van der Waals surface area contributed by atoms with E-state index in [1.165, 1.54) is 4.90 Å². The Morgan fingerprint density at radius 1 is 1.25 bits per heavy atom. The van der Waals surface area contributed by atoms with Crippen LogP contribution in [0, 0.1) is 0 Å². The molecule has 0 fully saturated rings. The van der Waals surface area contributed by atoms with Gasteiger partial charge in [-0.15, -0.1) is 0 Å². The number of hydrogen-bond donors (Lipinski definition) is 2. The van der Waals surface area contributed by atoms with Gasteiger partial charge in [0, 0.05) is 13.1 Å². The molecule has 1 aromatic rings. The fourth-order valence-electron chi connectivity index (χ4n) is 1.93. The minimum Gasteiger partial charge on any atom is -0.480 e. The maximum absolute atomic E-state index is 10.8. The molecule has 1 aromatic heterocycles. The summed E-state index contributed by atoms with van der Waals surface area (Å²) in [6.45, 7) is 4.12. The number of aryl methyl sites for hydroxylation is 2. The lowest BCUT2D eigenvalue weighted by Gasteiger charge is -2.18. The van der Waals surface area contributed by atoms with Gasteiger partial charge in [0.1, 0.15) is 0 Å². The topological polar surface area (TPSA) is 95.7 Å². The Morgan fingerprint density at radius 2 is 1.80 bits per heavy atom. The van der Waals surface area contributed by atoms with Crippen molar-refractivity contribution in [1.82, 2.24) is 14.7 Å². The lowest BCUT2D eigenvalue weighted by molar-refractivity contribution is -0.142. The molecule has 7 nitrogen and oxygen atoms in total. The molecule has 112 valence electrons. The van der Waals surface area contributed by atoms with E-state index in [2.05, 4.69) is 21.0 Å². The number of aliphatic carboxylic acids is 2. The highest BCUT2D eigenvalue weighted by molar-refractivity contribution is 9.10. The number of halogens is 1. The fourth-order valence-corrected chi connectivity index (χ4v) is 2.62. The Bertz CT molecular complexity index is 485. The van der Waals surface area contributed by atoms with Crippen LogP contribution < -0.4 is 0 Å². The summed E-state index contributed by atoms with van der Waals surface area (Å²) < 4.78 is 2.59. The Morgan fingerprint density at radius 3 is 2.20 bits per heavy atom. The number of aromatic nitrogens is 2. The van der Waals surface area contributed by atoms with Gasteiger partial charge < -0.3 is 10.2 Å². The van der Waals surface area contributed by atoms with E-state index in [1.54, 1.807) is 4.68 Å². The second-order valence-electron chi connectivity index (χ2n) is 4.31. The minimum absolute atomic E-state index is 0.222. The zero-order chi connectivity index (χ0) is 15.3. The van der Waals surface area contributed by atoms with Crippen LogP contribution in [-0.4, -0.2) is 49.9 Å². The summed E-state index contributed by atoms with van der Waals surface area (Å²) in [5.41, 5.74) is 1.68. The fraction of sp³-hybridized carbons (Fsp3) is 0.583. The molecule has 0 spiro atoms. The quantitative estimate of drug-likeness (QED) is 0.733. The van der Waals surface area contributed by atoms with Crippen molar-refractivity contribution < 1.29 is 19.8 Å². The Labute approximate surface area is 125 Å². The molecule has 0 unspecified atom stereocenters. The molecule has 20 heavy (non-hydrogen) atoms. The maximum Gasteiger partial charge on any atom is 0.317 e. The van der Waals surface area contributed by atoms with Crippen LogP contribution in [0.4, 0.5) is 0 Å². The smallest absolute Gasteiger partial charge is 0.317 e. The summed E-state index contributed by atoms with van der Waals surface area (Å²) in [5.74, 6) is -2.11. The molecule has 2 N–H and O–H groups in total. The van der Waals surface area contributed by atoms with Crippen molar-refractivity contribution in [3.05, 3.63) is 15.9 Å². The standard InChI is InChI=1S/C12H18BrN3O4/c1-3-8-12(13)9(16(4-2)14-8)5-15(6-10(17)18)7-11(19)20/h3-7H2,1-2H3,(H,17,18)(H,19,20). The molecule has 8 heteroatoms. The van der Waals surface area contributed by atoms with Gasteiger partial charge in [-0.1, -0.05) is 6.92 Å². The SMILES string of the molecule is CCc1nn(CC)c(CN(CC(=O)O)CC(=O)O)c1Br. The molecule has 0 bridgehead atoms. The first-order chi connectivity index (χ1) is 9.38. The van der Waals surface area contributed by atoms with Gasteiger partial charge in [0.05, 0.1) is 29.0 Å². The molecule has 0 amide bonds. The number of nitrogens with zero attached hydrogens (tertiary/aromatic N) is 3. The summed E-state index contributed by atoms with van der Waals surface area (Å²) in [7, 11) is 0. The molecule has 1 heterocycles. The van der Waals surface area contributed by atoms with Gasteiger partial charge in [0.2, 0.25) is 0 Å². The van der Waals surface area contributed by atoms with Crippen molar-refractivity contribution in [1.29, 1.82) is 0 Å². The molecule has 0 aliphatic heterocycles. The number of hydrogen-bond acceptors (Lipinski definition) is 4. The number of carbonyl (C=O) groups is 2. The zero-order valence-corrected chi connectivity index (χ0v) is 13.1. The van der Waals surface area contributed by atoms with Crippen LogP contribution in [0.2, 0.25) is 0 Å². The van der Waals surface area contributed by atoms with E-state index in [0.717, 1.165) is 22.3 Å². The third-order valence-corrected chi connectivity index (χ3v) is 3.70. The highest BCUT2D eigenvalue weighted by Crippen LogP contribution is 2.23. The van der Waals surface area contributed by atoms with Crippen LogP contribution in [0.3, 0.4) is 0 Å². The molecule has 0 atom stereocenters. The third-order valence-electron chi connectivity index (χ3n) is 2.79. The molecule has 0 saturated carbocycles. The largest absolute Gasteiger partial charge is 0.480 e. The van der Waals surface area contributed by atoms with Crippen LogP contribution in [0.1, 0.15) is 25.2 Å². The van der Waals surface area contributed by atoms with Gasteiger partial charge >= 0.3 is 11.9 Å². The van der Waals surface area contributed by atoms with E-state index in [9.17, 15) is 9.59 Å². The van der Waals surface area contributed by atoms with Gasteiger partial charge in [0.15, 0.2) is 0 Å². The lowest BCUT2D eigenvalue weighted by atomic mass is 10.3. The van der Waals surface area contributed by atoms with E-state index < -0.39 is 11.9 Å². The van der Waals surface area contributed by atoms with Gasteiger partial charge in [0.25, 0.3) is 0 Å². The normalized spacial score (nSPS) is 11.0. The van der Waals surface area contributed by atoms with Gasteiger partial charge in [-0.25, -0.2) is 0 Å². The molecule has 1 rings (SSSR count). The molecule has 0 aliphatic rings. The number of rotatable bonds is 8.